The number of alkyl halides is 1. The molecule has 0 atom stereocenters. The molecule has 0 aliphatic carbocycles. The van der Waals surface area contributed by atoms with Crippen molar-refractivity contribution in [2.75, 3.05) is 47.5 Å². The van der Waals surface area contributed by atoms with E-state index in [9.17, 15) is 4.39 Å². The molecule has 0 unspecified atom stereocenters. The summed E-state index contributed by atoms with van der Waals surface area (Å²) >= 11 is -2.74. The van der Waals surface area contributed by atoms with E-state index < -0.39 is 19.2 Å². The summed E-state index contributed by atoms with van der Waals surface area (Å²) in [4.78, 5) is 0. The van der Waals surface area contributed by atoms with E-state index in [0.29, 0.717) is 6.42 Å². The van der Waals surface area contributed by atoms with E-state index >= 15 is 0 Å². The normalized spacial score (nSPS) is 13.1. The van der Waals surface area contributed by atoms with Crippen molar-refractivity contribution < 1.29 is 4.39 Å². The van der Waals surface area contributed by atoms with E-state index in [1.807, 2.05) is 0 Å². The number of hydrogen-bond donors (Lipinski definition) is 0. The van der Waals surface area contributed by atoms with Crippen LogP contribution in [0.5, 0.6) is 0 Å². The van der Waals surface area contributed by atoms with Gasteiger partial charge in [0.25, 0.3) is 0 Å². The molecule has 0 amide bonds. The van der Waals surface area contributed by atoms with Crippen molar-refractivity contribution in [3.63, 3.8) is 0 Å². The van der Waals surface area contributed by atoms with Crippen molar-refractivity contribution in [1.82, 2.24) is 9.36 Å². The number of hydrogen-bond acceptors (Lipinski definition) is 3. The summed E-state index contributed by atoms with van der Waals surface area (Å²) in [5.41, 5.74) is 0. The number of nitrogens with zero attached hydrogens (tertiary/aromatic N) is 3. The van der Waals surface area contributed by atoms with Crippen LogP contribution in [0.4, 0.5) is 4.39 Å². The molecule has 0 saturated carbocycles. The van der Waals surface area contributed by atoms with E-state index in [0.717, 1.165) is 24.1 Å². The third-order valence-corrected chi connectivity index (χ3v) is 20.0. The van der Waals surface area contributed by atoms with Gasteiger partial charge in [0.05, 0.1) is 0 Å². The van der Waals surface area contributed by atoms with Gasteiger partial charge >= 0.3 is 112 Å². The average molecular weight is 354 g/mol. The molecule has 0 heterocycles. The zero-order valence-corrected chi connectivity index (χ0v) is 15.3. The molecule has 0 aliphatic rings. The zero-order chi connectivity index (χ0) is 13.5. The number of rotatable bonds is 9. The van der Waals surface area contributed by atoms with Gasteiger partial charge in [-0.15, -0.1) is 0 Å². The van der Waals surface area contributed by atoms with Crippen LogP contribution in [-0.4, -0.2) is 76.0 Å². The van der Waals surface area contributed by atoms with E-state index in [-0.39, 0.29) is 6.67 Å². The molecule has 0 bridgehead atoms. The van der Waals surface area contributed by atoms with Gasteiger partial charge in [-0.25, -0.2) is 0 Å². The van der Waals surface area contributed by atoms with Gasteiger partial charge in [-0.3, -0.25) is 0 Å². The fourth-order valence-electron chi connectivity index (χ4n) is 2.51. The molecule has 0 aliphatic heterocycles. The van der Waals surface area contributed by atoms with E-state index in [1.54, 1.807) is 0 Å². The summed E-state index contributed by atoms with van der Waals surface area (Å²) in [5.74, 6) is 0. The standard InChI is InChI=1S/C3H6F.3C3H8N.Sn/c1-2-3-4;3*1-3-4-2;/h1-3H2;3*3H2,1-2H3;/q;3*-1;+3. The third-order valence-electron chi connectivity index (χ3n) is 3.90. The first-order chi connectivity index (χ1) is 8.00. The fraction of sp³-hybridized carbons (Fsp3) is 1.00. The molecule has 0 rings (SSSR count). The fourth-order valence-corrected chi connectivity index (χ4v) is 16.8. The van der Waals surface area contributed by atoms with Gasteiger partial charge in [0.1, 0.15) is 0 Å². The molecule has 17 heavy (non-hydrogen) atoms. The molecule has 0 aromatic rings. The second-order valence-corrected chi connectivity index (χ2v) is 17.0. The molecule has 0 fully saturated rings. The van der Waals surface area contributed by atoms with Crippen LogP contribution in [-0.2, 0) is 0 Å². The summed E-state index contributed by atoms with van der Waals surface area (Å²) in [6, 6.07) is 0. The van der Waals surface area contributed by atoms with Crippen LogP contribution in [0, 0.1) is 0 Å². The Morgan fingerprint density at radius 3 is 1.41 bits per heavy atom. The first kappa shape index (κ1) is 17.6. The van der Waals surface area contributed by atoms with Crippen LogP contribution in [0.3, 0.4) is 0 Å². The van der Waals surface area contributed by atoms with Crippen molar-refractivity contribution in [2.24, 2.45) is 0 Å². The van der Waals surface area contributed by atoms with Gasteiger partial charge in [0, 0.05) is 0 Å². The summed E-state index contributed by atoms with van der Waals surface area (Å²) in [6.45, 7) is 9.58. The molecule has 0 aromatic carbocycles. The van der Waals surface area contributed by atoms with Crippen LogP contribution in [0.1, 0.15) is 27.2 Å². The SMILES string of the molecule is CC[N](C)[Sn]([CH2]CCF)([N](C)CC)[N](C)CC. The Morgan fingerprint density at radius 1 is 0.824 bits per heavy atom. The van der Waals surface area contributed by atoms with Gasteiger partial charge < -0.3 is 0 Å². The van der Waals surface area contributed by atoms with Gasteiger partial charge in [0.2, 0.25) is 0 Å². The van der Waals surface area contributed by atoms with Crippen molar-refractivity contribution in [3.8, 4) is 0 Å². The monoisotopic (exact) mass is 355 g/mol. The maximum absolute atomic E-state index is 12.6. The van der Waals surface area contributed by atoms with Crippen LogP contribution < -0.4 is 0 Å². The van der Waals surface area contributed by atoms with E-state index in [2.05, 4.69) is 51.3 Å². The van der Waals surface area contributed by atoms with Gasteiger partial charge in [-0.1, -0.05) is 0 Å². The van der Waals surface area contributed by atoms with E-state index in [1.165, 1.54) is 0 Å². The molecule has 0 radical (unpaired) electrons. The maximum atomic E-state index is 12.6. The molecule has 0 spiro atoms. The van der Waals surface area contributed by atoms with Crippen molar-refractivity contribution >= 4 is 19.2 Å². The molecule has 0 saturated heterocycles. The Balaban J connectivity index is 5.19. The topological polar surface area (TPSA) is 9.72 Å². The Morgan fingerprint density at radius 2 is 1.18 bits per heavy atom. The number of halogens is 1. The summed E-state index contributed by atoms with van der Waals surface area (Å²) < 4.78 is 21.2. The van der Waals surface area contributed by atoms with Crippen LogP contribution in [0.15, 0.2) is 0 Å². The third kappa shape index (κ3) is 4.04. The van der Waals surface area contributed by atoms with Crippen LogP contribution in [0.25, 0.3) is 0 Å². The minimum absolute atomic E-state index is 0.189. The average Bonchev–Trinajstić information content (AvgIpc) is 2.37. The molecule has 3 nitrogen and oxygen atoms in total. The summed E-state index contributed by atoms with van der Waals surface area (Å²) in [5, 5.41) is 0. The van der Waals surface area contributed by atoms with Gasteiger partial charge in [-0.2, -0.15) is 0 Å². The predicted molar refractivity (Wildman–Crippen MR) is 76.1 cm³/mol. The van der Waals surface area contributed by atoms with E-state index in [4.69, 9.17) is 0 Å². The zero-order valence-electron chi connectivity index (χ0n) is 12.5. The second-order valence-electron chi connectivity index (χ2n) is 4.61. The molecule has 0 aromatic heterocycles. The Hall–Kier alpha value is 0.609. The van der Waals surface area contributed by atoms with Crippen molar-refractivity contribution in [1.29, 1.82) is 0 Å². The summed E-state index contributed by atoms with van der Waals surface area (Å²) in [6.07, 6.45) is 0.703. The molecular formula is C12H30FN3Sn. The molecule has 5 heteroatoms. The van der Waals surface area contributed by atoms with Gasteiger partial charge in [0.15, 0.2) is 0 Å². The molecule has 104 valence electrons. The van der Waals surface area contributed by atoms with Crippen LogP contribution in [0.2, 0.25) is 4.44 Å². The minimum atomic E-state index is -2.74. The Labute approximate surface area is 112 Å². The van der Waals surface area contributed by atoms with Crippen molar-refractivity contribution in [2.45, 2.75) is 31.6 Å². The molecule has 0 N–H and O–H groups in total. The second kappa shape index (κ2) is 8.67. The van der Waals surface area contributed by atoms with Gasteiger partial charge in [-0.05, 0) is 0 Å². The first-order valence-electron chi connectivity index (χ1n) is 6.70. The van der Waals surface area contributed by atoms with Crippen molar-refractivity contribution in [3.05, 3.63) is 0 Å². The Kier molecular flexibility index (Phi) is 8.98. The molecular weight excluding hydrogens is 324 g/mol. The first-order valence-corrected chi connectivity index (χ1v) is 12.6. The predicted octanol–water partition coefficient (Wildman–Crippen LogP) is 2.14. The quantitative estimate of drug-likeness (QED) is 0.588. The summed E-state index contributed by atoms with van der Waals surface area (Å²) in [7, 11) is 6.64. The Bertz CT molecular complexity index is 178. The van der Waals surface area contributed by atoms with Crippen LogP contribution >= 0.6 is 0 Å².